The molecule has 27 heavy (non-hydrogen) atoms. The lowest BCUT2D eigenvalue weighted by Gasteiger charge is -2.00. The van der Waals surface area contributed by atoms with Crippen molar-refractivity contribution in [1.82, 2.24) is 4.98 Å². The molecule has 0 amide bonds. The summed E-state index contributed by atoms with van der Waals surface area (Å²) in [6.45, 7) is 2.00. The van der Waals surface area contributed by atoms with Crippen molar-refractivity contribution in [3.05, 3.63) is 71.4 Å². The van der Waals surface area contributed by atoms with Crippen molar-refractivity contribution in [2.75, 3.05) is 0 Å². The van der Waals surface area contributed by atoms with Gasteiger partial charge in [-0.15, -0.1) is 22.7 Å². The predicted octanol–water partition coefficient (Wildman–Crippen LogP) is 6.11. The zero-order valence-corrected chi connectivity index (χ0v) is 17.2. The van der Waals surface area contributed by atoms with E-state index in [4.69, 9.17) is 4.42 Å². The zero-order valence-electron chi connectivity index (χ0n) is 14.0. The van der Waals surface area contributed by atoms with Crippen molar-refractivity contribution < 1.29 is 4.42 Å². The van der Waals surface area contributed by atoms with E-state index in [1.54, 1.807) is 28.8 Å². The first-order valence-electron chi connectivity index (χ1n) is 7.91. The monoisotopic (exact) mass is 454 g/mol. The zero-order chi connectivity index (χ0) is 19.0. The highest BCUT2D eigenvalue weighted by Crippen LogP contribution is 2.29. The van der Waals surface area contributed by atoms with E-state index in [0.717, 1.165) is 20.3 Å². The Labute approximate surface area is 171 Å². The van der Waals surface area contributed by atoms with Crippen LogP contribution in [0.3, 0.4) is 0 Å². The number of thiophene rings is 1. The van der Waals surface area contributed by atoms with E-state index in [0.29, 0.717) is 27.4 Å². The molecule has 132 valence electrons. The third-order valence-electron chi connectivity index (χ3n) is 4.00. The number of hydrogen-bond donors (Lipinski definition) is 0. The summed E-state index contributed by atoms with van der Waals surface area (Å²) in [5.41, 5.74) is 2.56. The van der Waals surface area contributed by atoms with Crippen LogP contribution in [0.4, 0.5) is 0 Å². The van der Waals surface area contributed by atoms with Crippen LogP contribution in [-0.2, 0) is 0 Å². The van der Waals surface area contributed by atoms with Crippen LogP contribution in [0.2, 0.25) is 0 Å². The van der Waals surface area contributed by atoms with Gasteiger partial charge in [-0.05, 0) is 54.3 Å². The summed E-state index contributed by atoms with van der Waals surface area (Å²) in [6.07, 6.45) is 1.84. The number of nitrogens with zero attached hydrogens (tertiary/aromatic N) is 2. The van der Waals surface area contributed by atoms with Gasteiger partial charge < -0.3 is 4.42 Å². The molecule has 0 radical (unpaired) electrons. The molecule has 0 spiro atoms. The van der Waals surface area contributed by atoms with E-state index < -0.39 is 5.63 Å². The first kappa shape index (κ1) is 17.9. The Hall–Kier alpha value is -2.53. The van der Waals surface area contributed by atoms with Gasteiger partial charge in [0.05, 0.1) is 16.8 Å². The Bertz CT molecular complexity index is 1290. The van der Waals surface area contributed by atoms with Gasteiger partial charge in [-0.25, -0.2) is 9.78 Å². The molecule has 0 aliphatic heterocycles. The molecule has 4 rings (SSSR count). The molecule has 0 aliphatic carbocycles. The average molecular weight is 455 g/mol. The third-order valence-corrected chi connectivity index (χ3v) is 6.34. The fourth-order valence-electron chi connectivity index (χ4n) is 2.60. The second-order valence-corrected chi connectivity index (χ2v) is 8.53. The standard InChI is InChI=1S/C20H11BrN2O2S2/c1-11-4-5-26-18(11)8-13(9-22)19-23-16(10-27-19)15-7-12-6-14(21)2-3-17(12)25-20(15)24/h2-8,10H,1H3. The number of rotatable bonds is 3. The summed E-state index contributed by atoms with van der Waals surface area (Å²) >= 11 is 6.33. The van der Waals surface area contributed by atoms with Gasteiger partial charge in [-0.3, -0.25) is 0 Å². The normalized spacial score (nSPS) is 11.7. The molecule has 0 fully saturated rings. The summed E-state index contributed by atoms with van der Waals surface area (Å²) in [6, 6.07) is 11.4. The van der Waals surface area contributed by atoms with Crippen LogP contribution in [0, 0.1) is 18.3 Å². The number of aromatic nitrogens is 1. The smallest absolute Gasteiger partial charge is 0.345 e. The van der Waals surface area contributed by atoms with Gasteiger partial charge in [0, 0.05) is 20.1 Å². The fraction of sp³-hybridized carbons (Fsp3) is 0.0500. The molecule has 7 heteroatoms. The van der Waals surface area contributed by atoms with Crippen LogP contribution in [-0.4, -0.2) is 4.98 Å². The first-order valence-corrected chi connectivity index (χ1v) is 10.5. The molecule has 3 heterocycles. The molecule has 1 aromatic carbocycles. The number of fused-ring (bicyclic) bond motifs is 1. The molecule has 4 nitrogen and oxygen atoms in total. The van der Waals surface area contributed by atoms with Crippen LogP contribution in [0.5, 0.6) is 0 Å². The molecular weight excluding hydrogens is 444 g/mol. The van der Waals surface area contributed by atoms with Gasteiger partial charge in [0.2, 0.25) is 0 Å². The highest BCUT2D eigenvalue weighted by atomic mass is 79.9. The first-order chi connectivity index (χ1) is 13.0. The molecule has 0 unspecified atom stereocenters. The number of benzene rings is 1. The number of allylic oxidation sites excluding steroid dienone is 1. The Morgan fingerprint density at radius 3 is 2.89 bits per heavy atom. The largest absolute Gasteiger partial charge is 0.422 e. The maximum absolute atomic E-state index is 12.4. The molecular formula is C20H11BrN2O2S2. The van der Waals surface area contributed by atoms with E-state index >= 15 is 0 Å². The van der Waals surface area contributed by atoms with Gasteiger partial charge in [-0.1, -0.05) is 15.9 Å². The second-order valence-electron chi connectivity index (χ2n) is 5.81. The number of nitriles is 1. The van der Waals surface area contributed by atoms with Crippen molar-refractivity contribution in [2.45, 2.75) is 6.92 Å². The Morgan fingerprint density at radius 1 is 1.30 bits per heavy atom. The summed E-state index contributed by atoms with van der Waals surface area (Å²) in [5.74, 6) is 0. The molecule has 0 aliphatic rings. The van der Waals surface area contributed by atoms with Crippen molar-refractivity contribution in [1.29, 1.82) is 5.26 Å². The Kier molecular flexibility index (Phi) is 4.79. The van der Waals surface area contributed by atoms with Gasteiger partial charge in [-0.2, -0.15) is 5.26 Å². The SMILES string of the molecule is Cc1ccsc1C=C(C#N)c1nc(-c2cc3cc(Br)ccc3oc2=O)cs1. The molecule has 0 saturated heterocycles. The quantitative estimate of drug-likeness (QED) is 0.276. The van der Waals surface area contributed by atoms with Gasteiger partial charge in [0.15, 0.2) is 0 Å². The van der Waals surface area contributed by atoms with Gasteiger partial charge in [0.25, 0.3) is 0 Å². The minimum Gasteiger partial charge on any atom is -0.422 e. The summed E-state index contributed by atoms with van der Waals surface area (Å²) < 4.78 is 6.31. The maximum atomic E-state index is 12.4. The summed E-state index contributed by atoms with van der Waals surface area (Å²) in [4.78, 5) is 17.9. The minimum atomic E-state index is -0.446. The van der Waals surface area contributed by atoms with Crippen LogP contribution >= 0.6 is 38.6 Å². The molecule has 0 saturated carbocycles. The molecule has 0 atom stereocenters. The second kappa shape index (κ2) is 7.24. The maximum Gasteiger partial charge on any atom is 0.345 e. The van der Waals surface area contributed by atoms with Crippen molar-refractivity contribution in [3.8, 4) is 17.3 Å². The van der Waals surface area contributed by atoms with Crippen molar-refractivity contribution >= 4 is 61.2 Å². The van der Waals surface area contributed by atoms with Gasteiger partial charge in [0.1, 0.15) is 16.7 Å². The van der Waals surface area contributed by atoms with E-state index in [2.05, 4.69) is 27.0 Å². The van der Waals surface area contributed by atoms with Crippen LogP contribution in [0.1, 0.15) is 15.4 Å². The highest BCUT2D eigenvalue weighted by molar-refractivity contribution is 9.10. The molecule has 0 bridgehead atoms. The molecule has 3 aromatic heterocycles. The van der Waals surface area contributed by atoms with E-state index in [9.17, 15) is 10.1 Å². The lowest BCUT2D eigenvalue weighted by atomic mass is 10.1. The lowest BCUT2D eigenvalue weighted by Crippen LogP contribution is -2.02. The number of halogens is 1. The summed E-state index contributed by atoms with van der Waals surface area (Å²) in [7, 11) is 0. The van der Waals surface area contributed by atoms with Crippen molar-refractivity contribution in [2.24, 2.45) is 0 Å². The van der Waals surface area contributed by atoms with E-state index in [1.165, 1.54) is 11.3 Å². The highest BCUT2D eigenvalue weighted by Gasteiger charge is 2.14. The summed E-state index contributed by atoms with van der Waals surface area (Å²) in [5, 5.41) is 14.7. The van der Waals surface area contributed by atoms with E-state index in [1.807, 2.05) is 36.6 Å². The number of thiazole rings is 1. The Balaban J connectivity index is 1.78. The van der Waals surface area contributed by atoms with Crippen LogP contribution in [0.15, 0.2) is 54.8 Å². The van der Waals surface area contributed by atoms with E-state index in [-0.39, 0.29) is 0 Å². The minimum absolute atomic E-state index is 0.382. The van der Waals surface area contributed by atoms with Crippen LogP contribution in [0.25, 0.3) is 33.9 Å². The molecule has 4 aromatic rings. The number of hydrogen-bond acceptors (Lipinski definition) is 6. The number of aryl methyl sites for hydroxylation is 1. The third kappa shape index (κ3) is 3.52. The Morgan fingerprint density at radius 2 is 2.15 bits per heavy atom. The van der Waals surface area contributed by atoms with Crippen molar-refractivity contribution in [3.63, 3.8) is 0 Å². The van der Waals surface area contributed by atoms with Gasteiger partial charge >= 0.3 is 5.63 Å². The van der Waals surface area contributed by atoms with Crippen LogP contribution < -0.4 is 5.63 Å². The molecule has 0 N–H and O–H groups in total. The average Bonchev–Trinajstić information content (AvgIpc) is 3.29. The topological polar surface area (TPSA) is 66.9 Å². The lowest BCUT2D eigenvalue weighted by molar-refractivity contribution is 0.563. The fourth-order valence-corrected chi connectivity index (χ4v) is 4.62. The predicted molar refractivity (Wildman–Crippen MR) is 114 cm³/mol.